The Balaban J connectivity index is 2.03. The molecule has 0 amide bonds. The summed E-state index contributed by atoms with van der Waals surface area (Å²) in [6.45, 7) is 0. The molecule has 0 radical (unpaired) electrons. The summed E-state index contributed by atoms with van der Waals surface area (Å²) < 4.78 is 19.8. The van der Waals surface area contributed by atoms with E-state index in [0.717, 1.165) is 10.1 Å². The van der Waals surface area contributed by atoms with Crippen LogP contribution in [0.1, 0.15) is 15.2 Å². The number of ketones is 1. The van der Waals surface area contributed by atoms with Crippen molar-refractivity contribution in [3.05, 3.63) is 63.2 Å². The van der Waals surface area contributed by atoms with Crippen LogP contribution in [0.2, 0.25) is 0 Å². The largest absolute Gasteiger partial charge is 0.497 e. The second-order valence-corrected chi connectivity index (χ2v) is 6.41. The highest BCUT2D eigenvalue weighted by Gasteiger charge is 2.16. The Labute approximate surface area is 133 Å². The van der Waals surface area contributed by atoms with Gasteiger partial charge in [-0.25, -0.2) is 4.39 Å². The van der Waals surface area contributed by atoms with Gasteiger partial charge in [-0.05, 0) is 57.7 Å². The second-order valence-electron chi connectivity index (χ2n) is 4.47. The van der Waals surface area contributed by atoms with E-state index in [2.05, 4.69) is 15.9 Å². The Hall–Kier alpha value is -1.72. The number of fused-ring (bicyclic) bond motifs is 1. The molecule has 106 valence electrons. The number of thiophene rings is 1. The Kier molecular flexibility index (Phi) is 3.78. The van der Waals surface area contributed by atoms with Gasteiger partial charge >= 0.3 is 0 Å². The van der Waals surface area contributed by atoms with Crippen molar-refractivity contribution in [2.24, 2.45) is 0 Å². The molecule has 0 N–H and O–H groups in total. The standard InChI is InChI=1S/C16H10BrFO2S/c1-20-11-4-5-12(13(17)8-11)16(19)15-6-9-2-3-10(18)7-14(9)21-15/h2-8H,1H3. The van der Waals surface area contributed by atoms with E-state index in [4.69, 9.17) is 4.74 Å². The van der Waals surface area contributed by atoms with Crippen LogP contribution >= 0.6 is 27.3 Å². The SMILES string of the molecule is COc1ccc(C(=O)c2cc3ccc(F)cc3s2)c(Br)c1. The van der Waals surface area contributed by atoms with Crippen molar-refractivity contribution in [3.8, 4) is 5.75 Å². The molecule has 0 atom stereocenters. The quantitative estimate of drug-likeness (QED) is 0.608. The molecule has 0 aliphatic carbocycles. The molecule has 5 heteroatoms. The summed E-state index contributed by atoms with van der Waals surface area (Å²) in [6.07, 6.45) is 0. The summed E-state index contributed by atoms with van der Waals surface area (Å²) in [5, 5.41) is 0.870. The molecule has 1 heterocycles. The normalized spacial score (nSPS) is 10.8. The van der Waals surface area contributed by atoms with Gasteiger partial charge in [-0.2, -0.15) is 0 Å². The first-order chi connectivity index (χ1) is 10.1. The molecule has 3 rings (SSSR count). The van der Waals surface area contributed by atoms with Crippen LogP contribution < -0.4 is 4.74 Å². The number of carbonyl (C=O) groups is 1. The van der Waals surface area contributed by atoms with Crippen LogP contribution in [0.4, 0.5) is 4.39 Å². The van der Waals surface area contributed by atoms with Gasteiger partial charge in [0.05, 0.1) is 12.0 Å². The number of methoxy groups -OCH3 is 1. The molecule has 0 aliphatic heterocycles. The predicted molar refractivity (Wildman–Crippen MR) is 85.9 cm³/mol. The maximum absolute atomic E-state index is 13.2. The topological polar surface area (TPSA) is 26.3 Å². The molecule has 3 aromatic rings. The summed E-state index contributed by atoms with van der Waals surface area (Å²) in [5.41, 5.74) is 0.558. The maximum atomic E-state index is 13.2. The van der Waals surface area contributed by atoms with E-state index in [0.29, 0.717) is 20.7 Å². The average Bonchev–Trinajstić information content (AvgIpc) is 2.89. The number of hydrogen-bond donors (Lipinski definition) is 0. The Bertz CT molecular complexity index is 841. The van der Waals surface area contributed by atoms with Crippen LogP contribution in [0.15, 0.2) is 46.9 Å². The van der Waals surface area contributed by atoms with E-state index in [1.165, 1.54) is 23.5 Å². The first-order valence-electron chi connectivity index (χ1n) is 6.16. The highest BCUT2D eigenvalue weighted by molar-refractivity contribution is 9.10. The van der Waals surface area contributed by atoms with Gasteiger partial charge in [0.25, 0.3) is 0 Å². The maximum Gasteiger partial charge on any atom is 0.204 e. The van der Waals surface area contributed by atoms with E-state index in [9.17, 15) is 9.18 Å². The lowest BCUT2D eigenvalue weighted by atomic mass is 10.1. The summed E-state index contributed by atoms with van der Waals surface area (Å²) >= 11 is 4.68. The lowest BCUT2D eigenvalue weighted by molar-refractivity contribution is 0.104. The van der Waals surface area contributed by atoms with Crippen LogP contribution in [-0.4, -0.2) is 12.9 Å². The minimum atomic E-state index is -0.297. The van der Waals surface area contributed by atoms with Gasteiger partial charge in [0.15, 0.2) is 0 Å². The summed E-state index contributed by atoms with van der Waals surface area (Å²) in [5.74, 6) is 0.289. The van der Waals surface area contributed by atoms with Crippen molar-refractivity contribution in [1.29, 1.82) is 0 Å². The molecule has 1 aromatic heterocycles. The fourth-order valence-corrected chi connectivity index (χ4v) is 3.64. The van der Waals surface area contributed by atoms with Gasteiger partial charge in [0, 0.05) is 14.7 Å². The number of halogens is 2. The molecule has 0 saturated carbocycles. The first-order valence-corrected chi connectivity index (χ1v) is 7.77. The van der Waals surface area contributed by atoms with Gasteiger partial charge in [0.2, 0.25) is 5.78 Å². The molecule has 0 fully saturated rings. The molecule has 0 bridgehead atoms. The van der Waals surface area contributed by atoms with Gasteiger partial charge in [-0.15, -0.1) is 11.3 Å². The smallest absolute Gasteiger partial charge is 0.204 e. The molecule has 0 saturated heterocycles. The van der Waals surface area contributed by atoms with Crippen molar-refractivity contribution >= 4 is 43.1 Å². The van der Waals surface area contributed by atoms with Crippen molar-refractivity contribution in [2.75, 3.05) is 7.11 Å². The van der Waals surface area contributed by atoms with Gasteiger partial charge in [0.1, 0.15) is 11.6 Å². The zero-order valence-corrected chi connectivity index (χ0v) is 13.4. The Morgan fingerprint density at radius 3 is 2.71 bits per heavy atom. The highest BCUT2D eigenvalue weighted by Crippen LogP contribution is 2.31. The third-order valence-corrected chi connectivity index (χ3v) is 4.88. The molecular formula is C16H10BrFO2S. The monoisotopic (exact) mass is 364 g/mol. The minimum absolute atomic E-state index is 0.0915. The second kappa shape index (κ2) is 5.58. The van der Waals surface area contributed by atoms with Crippen molar-refractivity contribution in [3.63, 3.8) is 0 Å². The van der Waals surface area contributed by atoms with E-state index in [1.807, 2.05) is 0 Å². The van der Waals surface area contributed by atoms with Crippen molar-refractivity contribution in [1.82, 2.24) is 0 Å². The van der Waals surface area contributed by atoms with E-state index < -0.39 is 0 Å². The van der Waals surface area contributed by atoms with Crippen LogP contribution in [0.5, 0.6) is 5.75 Å². The van der Waals surface area contributed by atoms with Gasteiger partial charge < -0.3 is 4.74 Å². The first kappa shape index (κ1) is 14.2. The molecule has 0 unspecified atom stereocenters. The number of benzene rings is 2. The lowest BCUT2D eigenvalue weighted by Crippen LogP contribution is -2.00. The molecule has 0 spiro atoms. The number of hydrogen-bond acceptors (Lipinski definition) is 3. The fourth-order valence-electron chi connectivity index (χ4n) is 2.06. The summed E-state index contributed by atoms with van der Waals surface area (Å²) in [4.78, 5) is 13.2. The van der Waals surface area contributed by atoms with Crippen LogP contribution in [0, 0.1) is 5.82 Å². The number of rotatable bonds is 3. The van der Waals surface area contributed by atoms with Gasteiger partial charge in [-0.1, -0.05) is 6.07 Å². The summed E-state index contributed by atoms with van der Waals surface area (Å²) in [7, 11) is 1.57. The molecule has 2 aromatic carbocycles. The molecule has 2 nitrogen and oxygen atoms in total. The van der Waals surface area contributed by atoms with E-state index in [1.54, 1.807) is 37.4 Å². The Morgan fingerprint density at radius 2 is 2.00 bits per heavy atom. The van der Waals surface area contributed by atoms with Crippen LogP contribution in [-0.2, 0) is 0 Å². The third kappa shape index (κ3) is 2.71. The van der Waals surface area contributed by atoms with Crippen molar-refractivity contribution in [2.45, 2.75) is 0 Å². The van der Waals surface area contributed by atoms with E-state index in [-0.39, 0.29) is 11.6 Å². The predicted octanol–water partition coefficient (Wildman–Crippen LogP) is 5.04. The summed E-state index contributed by atoms with van der Waals surface area (Å²) in [6, 6.07) is 11.5. The highest BCUT2D eigenvalue weighted by atomic mass is 79.9. The third-order valence-electron chi connectivity index (χ3n) is 3.13. The van der Waals surface area contributed by atoms with Crippen LogP contribution in [0.25, 0.3) is 10.1 Å². The number of ether oxygens (including phenoxy) is 1. The van der Waals surface area contributed by atoms with E-state index >= 15 is 0 Å². The molecule has 21 heavy (non-hydrogen) atoms. The lowest BCUT2D eigenvalue weighted by Gasteiger charge is -2.04. The average molecular weight is 365 g/mol. The number of carbonyl (C=O) groups excluding carboxylic acids is 1. The fraction of sp³-hybridized carbons (Fsp3) is 0.0625. The Morgan fingerprint density at radius 1 is 1.19 bits per heavy atom. The molecule has 0 aliphatic rings. The van der Waals surface area contributed by atoms with Crippen LogP contribution in [0.3, 0.4) is 0 Å². The minimum Gasteiger partial charge on any atom is -0.497 e. The zero-order chi connectivity index (χ0) is 15.0. The van der Waals surface area contributed by atoms with Gasteiger partial charge in [-0.3, -0.25) is 4.79 Å². The van der Waals surface area contributed by atoms with Crippen molar-refractivity contribution < 1.29 is 13.9 Å². The zero-order valence-electron chi connectivity index (χ0n) is 11.0. The molecular weight excluding hydrogens is 355 g/mol.